The maximum absolute atomic E-state index is 12.0. The van der Waals surface area contributed by atoms with E-state index in [2.05, 4.69) is 9.97 Å². The number of carbonyl (C=O) groups excluding carboxylic acids is 1. The third-order valence-corrected chi connectivity index (χ3v) is 5.77. The Kier molecular flexibility index (Phi) is 3.86. The fourth-order valence-corrected chi connectivity index (χ4v) is 4.30. The number of ketones is 1. The minimum absolute atomic E-state index is 0.0204. The number of amidine groups is 1. The zero-order chi connectivity index (χ0) is 21.0. The molecule has 3 aromatic rings. The Hall–Kier alpha value is -3.81. The van der Waals surface area contributed by atoms with Gasteiger partial charge in [0.05, 0.1) is 36.5 Å². The number of aliphatic hydroxyl groups excluding tert-OH is 1. The monoisotopic (exact) mass is 404 g/mol. The molecular formula is C22H20N4O4. The van der Waals surface area contributed by atoms with E-state index in [-0.39, 0.29) is 30.2 Å². The van der Waals surface area contributed by atoms with Crippen molar-refractivity contribution >= 4 is 33.9 Å². The van der Waals surface area contributed by atoms with Crippen LogP contribution in [0.1, 0.15) is 18.7 Å². The number of rotatable bonds is 4. The van der Waals surface area contributed by atoms with Crippen LogP contribution in [0.2, 0.25) is 0 Å². The Balaban J connectivity index is 1.67. The Morgan fingerprint density at radius 2 is 1.80 bits per heavy atom. The molecule has 0 bridgehead atoms. The molecule has 0 unspecified atom stereocenters. The first kappa shape index (κ1) is 18.2. The maximum atomic E-state index is 12.0. The van der Waals surface area contributed by atoms with Gasteiger partial charge in [-0.3, -0.25) is 10.2 Å². The molecular weight excluding hydrogens is 384 g/mol. The molecule has 1 saturated carbocycles. The molecule has 5 rings (SSSR count). The molecule has 1 spiro atoms. The molecule has 1 aromatic heterocycles. The number of ether oxygens (including phenoxy) is 2. The largest absolute Gasteiger partial charge is 0.509 e. The second-order valence-corrected chi connectivity index (χ2v) is 7.50. The molecule has 30 heavy (non-hydrogen) atoms. The number of benzene rings is 2. The van der Waals surface area contributed by atoms with Crippen LogP contribution in [0.5, 0.6) is 11.5 Å². The molecule has 2 aromatic carbocycles. The lowest BCUT2D eigenvalue weighted by molar-refractivity contribution is -0.127. The van der Waals surface area contributed by atoms with Crippen molar-refractivity contribution in [1.29, 1.82) is 5.41 Å². The van der Waals surface area contributed by atoms with Crippen LogP contribution < -0.4 is 14.4 Å². The number of nitrogens with zero attached hydrogens (tertiary/aromatic N) is 2. The van der Waals surface area contributed by atoms with E-state index in [0.717, 1.165) is 11.0 Å². The molecule has 0 radical (unpaired) electrons. The van der Waals surface area contributed by atoms with E-state index in [1.807, 2.05) is 24.3 Å². The predicted molar refractivity (Wildman–Crippen MR) is 112 cm³/mol. The first-order valence-electron chi connectivity index (χ1n) is 9.49. The van der Waals surface area contributed by atoms with Gasteiger partial charge < -0.3 is 24.5 Å². The van der Waals surface area contributed by atoms with E-state index in [1.54, 1.807) is 37.3 Å². The zero-order valence-electron chi connectivity index (χ0n) is 16.5. The highest BCUT2D eigenvalue weighted by molar-refractivity contribution is 6.33. The number of hydrogen-bond acceptors (Lipinski definition) is 6. The molecule has 1 aliphatic carbocycles. The minimum Gasteiger partial charge on any atom is -0.509 e. The molecule has 3 N–H and O–H groups in total. The Morgan fingerprint density at radius 1 is 1.13 bits per heavy atom. The van der Waals surface area contributed by atoms with Gasteiger partial charge in [-0.05, 0) is 12.1 Å². The quantitative estimate of drug-likeness (QED) is 0.614. The lowest BCUT2D eigenvalue weighted by Gasteiger charge is -2.45. The molecule has 1 aliphatic heterocycles. The van der Waals surface area contributed by atoms with Gasteiger partial charge >= 0.3 is 0 Å². The Labute approximate surface area is 172 Å². The number of anilines is 1. The van der Waals surface area contributed by atoms with Gasteiger partial charge in [0.25, 0.3) is 0 Å². The summed E-state index contributed by atoms with van der Waals surface area (Å²) in [6, 6.07) is 12.8. The number of aliphatic hydroxyl groups is 1. The number of aromatic nitrogens is 2. The summed E-state index contributed by atoms with van der Waals surface area (Å²) in [7, 11) is 3.10. The van der Waals surface area contributed by atoms with E-state index >= 15 is 0 Å². The lowest BCUT2D eigenvalue weighted by atomic mass is 9.73. The minimum atomic E-state index is -1.00. The van der Waals surface area contributed by atoms with Crippen LogP contribution in [0.4, 0.5) is 5.69 Å². The Morgan fingerprint density at radius 3 is 2.40 bits per heavy atom. The van der Waals surface area contributed by atoms with E-state index in [0.29, 0.717) is 28.6 Å². The summed E-state index contributed by atoms with van der Waals surface area (Å²) >= 11 is 0. The molecule has 0 atom stereocenters. The third kappa shape index (κ3) is 2.43. The number of aromatic amines is 1. The number of methoxy groups -OCH3 is 2. The van der Waals surface area contributed by atoms with Gasteiger partial charge in [-0.25, -0.2) is 4.98 Å². The van der Waals surface area contributed by atoms with Crippen LogP contribution in [0.3, 0.4) is 0 Å². The van der Waals surface area contributed by atoms with Crippen molar-refractivity contribution in [3.05, 3.63) is 54.0 Å². The van der Waals surface area contributed by atoms with Crippen molar-refractivity contribution in [2.24, 2.45) is 0 Å². The van der Waals surface area contributed by atoms with Gasteiger partial charge in [0.2, 0.25) is 0 Å². The van der Waals surface area contributed by atoms with Crippen molar-refractivity contribution in [3.63, 3.8) is 0 Å². The standard InChI is InChI=1S/C22H20N4O4/c1-29-14-7-12(8-15(9-14)30-2)26-20(23)18(19(28)22(26)10-13(27)11-22)21-24-16-5-3-4-6-17(16)25-21/h3-9,23,28H,10-11H2,1-2H3,(H,24,25). The van der Waals surface area contributed by atoms with E-state index in [9.17, 15) is 9.90 Å². The zero-order valence-corrected chi connectivity index (χ0v) is 16.5. The van der Waals surface area contributed by atoms with Crippen LogP contribution >= 0.6 is 0 Å². The summed E-state index contributed by atoms with van der Waals surface area (Å²) in [4.78, 5) is 21.4. The SMILES string of the molecule is COc1cc(OC)cc(N2C(=N)C(c3nc4ccccc4[nH]3)=C(O)C23CC(=O)C3)c1. The van der Waals surface area contributed by atoms with E-state index in [4.69, 9.17) is 14.9 Å². The smallest absolute Gasteiger partial charge is 0.145 e. The molecule has 0 amide bonds. The van der Waals surface area contributed by atoms with Gasteiger partial charge in [0.15, 0.2) is 0 Å². The number of imidazole rings is 1. The summed E-state index contributed by atoms with van der Waals surface area (Å²) in [5, 5.41) is 20.1. The summed E-state index contributed by atoms with van der Waals surface area (Å²) in [6.45, 7) is 0. The molecule has 0 saturated heterocycles. The summed E-state index contributed by atoms with van der Waals surface area (Å²) < 4.78 is 10.7. The molecule has 2 heterocycles. The van der Waals surface area contributed by atoms with Crippen LogP contribution in [0.15, 0.2) is 48.2 Å². The van der Waals surface area contributed by atoms with Crippen LogP contribution in [0.25, 0.3) is 16.6 Å². The van der Waals surface area contributed by atoms with Crippen molar-refractivity contribution in [3.8, 4) is 11.5 Å². The summed E-state index contributed by atoms with van der Waals surface area (Å²) in [5.74, 6) is 1.57. The van der Waals surface area contributed by atoms with Gasteiger partial charge in [-0.15, -0.1) is 0 Å². The third-order valence-electron chi connectivity index (χ3n) is 5.77. The van der Waals surface area contributed by atoms with Crippen molar-refractivity contribution in [2.75, 3.05) is 19.1 Å². The average Bonchev–Trinajstić information content (AvgIpc) is 3.24. The highest BCUT2D eigenvalue weighted by Gasteiger charge is 2.59. The van der Waals surface area contributed by atoms with Crippen LogP contribution in [-0.2, 0) is 4.79 Å². The fraction of sp³-hybridized carbons (Fsp3) is 0.227. The number of para-hydroxylation sites is 2. The van der Waals surface area contributed by atoms with Crippen molar-refractivity contribution in [2.45, 2.75) is 18.4 Å². The van der Waals surface area contributed by atoms with E-state index < -0.39 is 5.54 Å². The second-order valence-electron chi connectivity index (χ2n) is 7.50. The molecule has 8 heteroatoms. The maximum Gasteiger partial charge on any atom is 0.145 e. The normalized spacial score (nSPS) is 17.7. The van der Waals surface area contributed by atoms with E-state index in [1.165, 1.54) is 0 Å². The van der Waals surface area contributed by atoms with Crippen LogP contribution in [0, 0.1) is 5.41 Å². The molecule has 1 fully saturated rings. The van der Waals surface area contributed by atoms with Crippen LogP contribution in [-0.4, -0.2) is 46.5 Å². The average molecular weight is 404 g/mol. The highest BCUT2D eigenvalue weighted by Crippen LogP contribution is 2.51. The highest BCUT2D eigenvalue weighted by atomic mass is 16.5. The topological polar surface area (TPSA) is 112 Å². The first-order valence-corrected chi connectivity index (χ1v) is 9.49. The fourth-order valence-electron chi connectivity index (χ4n) is 4.30. The van der Waals surface area contributed by atoms with Gasteiger partial charge in [-0.1, -0.05) is 12.1 Å². The molecule has 152 valence electrons. The predicted octanol–water partition coefficient (Wildman–Crippen LogP) is 3.45. The van der Waals surface area contributed by atoms with Crippen molar-refractivity contribution in [1.82, 2.24) is 9.97 Å². The van der Waals surface area contributed by atoms with Crippen molar-refractivity contribution < 1.29 is 19.4 Å². The number of H-pyrrole nitrogens is 1. The molecule has 2 aliphatic rings. The molecule has 8 nitrogen and oxygen atoms in total. The number of hydrogen-bond donors (Lipinski definition) is 3. The van der Waals surface area contributed by atoms with Gasteiger partial charge in [-0.2, -0.15) is 0 Å². The second kappa shape index (κ2) is 6.35. The van der Waals surface area contributed by atoms with Gasteiger partial charge in [0.1, 0.15) is 40.2 Å². The number of Topliss-reactive ketones (excluding diaryl/α,β-unsaturated/α-hetero) is 1. The van der Waals surface area contributed by atoms with Gasteiger partial charge in [0, 0.05) is 31.0 Å². The first-order chi connectivity index (χ1) is 14.5. The number of fused-ring (bicyclic) bond motifs is 1. The summed E-state index contributed by atoms with van der Waals surface area (Å²) in [6.07, 6.45) is 0.231. The Bertz CT molecular complexity index is 1180. The lowest BCUT2D eigenvalue weighted by Crippen LogP contribution is -2.57. The number of carbonyl (C=O) groups is 1. The number of nitrogens with one attached hydrogen (secondary N) is 2. The summed E-state index contributed by atoms with van der Waals surface area (Å²) in [5.41, 5.74) is 1.43.